The molecule has 0 aliphatic heterocycles. The number of nitrogens with two attached hydrogens (primary N) is 1. The number of para-hydroxylation sites is 1. The SMILES string of the molecule is NC(=O)c1cccc2oc(-c3cccnc3)nc12. The lowest BCUT2D eigenvalue weighted by atomic mass is 10.2. The lowest BCUT2D eigenvalue weighted by molar-refractivity contribution is 0.100. The minimum Gasteiger partial charge on any atom is -0.436 e. The molecule has 0 aliphatic carbocycles. The molecule has 3 rings (SSSR count). The molecule has 18 heavy (non-hydrogen) atoms. The van der Waals surface area contributed by atoms with Crippen molar-refractivity contribution in [3.8, 4) is 11.5 Å². The first kappa shape index (κ1) is 10.5. The maximum absolute atomic E-state index is 11.3. The largest absolute Gasteiger partial charge is 0.436 e. The van der Waals surface area contributed by atoms with Crippen LogP contribution >= 0.6 is 0 Å². The van der Waals surface area contributed by atoms with Gasteiger partial charge in [0.1, 0.15) is 5.52 Å². The second kappa shape index (κ2) is 3.96. The van der Waals surface area contributed by atoms with Gasteiger partial charge in [0, 0.05) is 12.4 Å². The summed E-state index contributed by atoms with van der Waals surface area (Å²) in [6.07, 6.45) is 3.32. The maximum Gasteiger partial charge on any atom is 0.251 e. The molecule has 5 heteroatoms. The van der Waals surface area contributed by atoms with Crippen LogP contribution in [0, 0.1) is 0 Å². The Hall–Kier alpha value is -2.69. The number of pyridine rings is 1. The zero-order valence-electron chi connectivity index (χ0n) is 9.33. The van der Waals surface area contributed by atoms with E-state index in [9.17, 15) is 4.79 Å². The number of oxazole rings is 1. The fraction of sp³-hybridized carbons (Fsp3) is 0. The number of hydrogen-bond donors (Lipinski definition) is 1. The molecule has 0 bridgehead atoms. The summed E-state index contributed by atoms with van der Waals surface area (Å²) in [4.78, 5) is 19.6. The van der Waals surface area contributed by atoms with Crippen LogP contribution in [0.1, 0.15) is 10.4 Å². The van der Waals surface area contributed by atoms with Crippen LogP contribution in [0.2, 0.25) is 0 Å². The van der Waals surface area contributed by atoms with Crippen LogP contribution in [0.4, 0.5) is 0 Å². The van der Waals surface area contributed by atoms with Gasteiger partial charge in [0.05, 0.1) is 11.1 Å². The minimum absolute atomic E-state index is 0.353. The van der Waals surface area contributed by atoms with E-state index < -0.39 is 5.91 Å². The first-order chi connectivity index (χ1) is 8.75. The highest BCUT2D eigenvalue weighted by Gasteiger charge is 2.13. The van der Waals surface area contributed by atoms with E-state index in [1.807, 2.05) is 6.07 Å². The second-order valence-corrected chi connectivity index (χ2v) is 3.78. The zero-order chi connectivity index (χ0) is 12.5. The van der Waals surface area contributed by atoms with Crippen LogP contribution in [-0.4, -0.2) is 15.9 Å². The first-order valence-corrected chi connectivity index (χ1v) is 5.35. The molecule has 2 aromatic heterocycles. The predicted octanol–water partition coefficient (Wildman–Crippen LogP) is 1.99. The van der Waals surface area contributed by atoms with Gasteiger partial charge < -0.3 is 10.2 Å². The molecule has 2 heterocycles. The van der Waals surface area contributed by atoms with E-state index in [2.05, 4.69) is 9.97 Å². The Bertz CT molecular complexity index is 719. The number of carbonyl (C=O) groups is 1. The molecule has 0 radical (unpaired) electrons. The van der Waals surface area contributed by atoms with E-state index >= 15 is 0 Å². The van der Waals surface area contributed by atoms with Gasteiger partial charge in [-0.3, -0.25) is 9.78 Å². The molecule has 0 fully saturated rings. The van der Waals surface area contributed by atoms with Crippen molar-refractivity contribution in [2.75, 3.05) is 0 Å². The molecule has 1 aromatic carbocycles. The van der Waals surface area contributed by atoms with Crippen molar-refractivity contribution in [2.24, 2.45) is 5.73 Å². The normalized spacial score (nSPS) is 10.7. The van der Waals surface area contributed by atoms with E-state index in [1.165, 1.54) is 0 Å². The van der Waals surface area contributed by atoms with Gasteiger partial charge in [0.25, 0.3) is 5.91 Å². The number of rotatable bonds is 2. The van der Waals surface area contributed by atoms with Crippen molar-refractivity contribution in [1.82, 2.24) is 9.97 Å². The third-order valence-corrected chi connectivity index (χ3v) is 2.59. The van der Waals surface area contributed by atoms with E-state index in [0.717, 1.165) is 5.56 Å². The van der Waals surface area contributed by atoms with Crippen LogP contribution < -0.4 is 5.73 Å². The van der Waals surface area contributed by atoms with Crippen molar-refractivity contribution in [1.29, 1.82) is 0 Å². The van der Waals surface area contributed by atoms with Crippen molar-refractivity contribution < 1.29 is 9.21 Å². The summed E-state index contributed by atoms with van der Waals surface area (Å²) < 4.78 is 5.59. The van der Waals surface area contributed by atoms with Crippen LogP contribution in [-0.2, 0) is 0 Å². The Morgan fingerprint density at radius 1 is 1.22 bits per heavy atom. The van der Waals surface area contributed by atoms with E-state index in [-0.39, 0.29) is 0 Å². The molecule has 3 aromatic rings. The lowest BCUT2D eigenvalue weighted by Gasteiger charge is -1.93. The summed E-state index contributed by atoms with van der Waals surface area (Å²) in [5, 5.41) is 0. The molecule has 5 nitrogen and oxygen atoms in total. The molecule has 0 spiro atoms. The van der Waals surface area contributed by atoms with Crippen LogP contribution in [0.25, 0.3) is 22.6 Å². The summed E-state index contributed by atoms with van der Waals surface area (Å²) in [5.74, 6) is -0.0987. The minimum atomic E-state index is -0.522. The third-order valence-electron chi connectivity index (χ3n) is 2.59. The quantitative estimate of drug-likeness (QED) is 0.741. The molecule has 88 valence electrons. The zero-order valence-corrected chi connectivity index (χ0v) is 9.33. The fourth-order valence-corrected chi connectivity index (χ4v) is 1.76. The third kappa shape index (κ3) is 1.62. The monoisotopic (exact) mass is 239 g/mol. The number of aromatic nitrogens is 2. The highest BCUT2D eigenvalue weighted by Crippen LogP contribution is 2.25. The highest BCUT2D eigenvalue weighted by atomic mass is 16.3. The topological polar surface area (TPSA) is 82.0 Å². The van der Waals surface area contributed by atoms with Gasteiger partial charge in [-0.25, -0.2) is 4.98 Å². The standard InChI is InChI=1S/C13H9N3O2/c14-12(17)9-4-1-5-10-11(9)16-13(18-10)8-3-2-6-15-7-8/h1-7H,(H2,14,17). The summed E-state index contributed by atoms with van der Waals surface area (Å²) in [5.41, 5.74) is 7.41. The molecule has 0 atom stereocenters. The van der Waals surface area contributed by atoms with Crippen LogP contribution in [0.15, 0.2) is 47.1 Å². The van der Waals surface area contributed by atoms with Gasteiger partial charge >= 0.3 is 0 Å². The Kier molecular flexibility index (Phi) is 2.30. The van der Waals surface area contributed by atoms with Gasteiger partial charge in [-0.2, -0.15) is 0 Å². The van der Waals surface area contributed by atoms with Crippen LogP contribution in [0.5, 0.6) is 0 Å². The van der Waals surface area contributed by atoms with Gasteiger partial charge in [0.15, 0.2) is 5.58 Å². The summed E-state index contributed by atoms with van der Waals surface area (Å²) in [6, 6.07) is 8.70. The predicted molar refractivity (Wildman–Crippen MR) is 65.8 cm³/mol. The Labute approximate surface area is 102 Å². The molecule has 0 aliphatic rings. The highest BCUT2D eigenvalue weighted by molar-refractivity contribution is 6.03. The molecule has 0 saturated carbocycles. The second-order valence-electron chi connectivity index (χ2n) is 3.78. The average molecular weight is 239 g/mol. The number of primary amides is 1. The molecule has 1 amide bonds. The Balaban J connectivity index is 2.23. The molecule has 0 unspecified atom stereocenters. The van der Waals surface area contributed by atoms with E-state index in [4.69, 9.17) is 10.2 Å². The first-order valence-electron chi connectivity index (χ1n) is 5.35. The number of hydrogen-bond acceptors (Lipinski definition) is 4. The Morgan fingerprint density at radius 3 is 2.83 bits per heavy atom. The van der Waals surface area contributed by atoms with Crippen molar-refractivity contribution in [3.05, 3.63) is 48.3 Å². The molecular formula is C13H9N3O2. The van der Waals surface area contributed by atoms with Crippen molar-refractivity contribution >= 4 is 17.0 Å². The number of fused-ring (bicyclic) bond motifs is 1. The lowest BCUT2D eigenvalue weighted by Crippen LogP contribution is -2.11. The molecule has 2 N–H and O–H groups in total. The average Bonchev–Trinajstić information content (AvgIpc) is 2.83. The number of amides is 1. The number of benzene rings is 1. The van der Waals surface area contributed by atoms with Gasteiger partial charge in [-0.1, -0.05) is 6.07 Å². The smallest absolute Gasteiger partial charge is 0.251 e. The number of carbonyl (C=O) groups excluding carboxylic acids is 1. The van der Waals surface area contributed by atoms with Gasteiger partial charge in [-0.05, 0) is 24.3 Å². The summed E-state index contributed by atoms with van der Waals surface area (Å²) in [7, 11) is 0. The van der Waals surface area contributed by atoms with Crippen LogP contribution in [0.3, 0.4) is 0 Å². The molecule has 0 saturated heterocycles. The van der Waals surface area contributed by atoms with Gasteiger partial charge in [-0.15, -0.1) is 0 Å². The Morgan fingerprint density at radius 2 is 2.11 bits per heavy atom. The van der Waals surface area contributed by atoms with E-state index in [1.54, 1.807) is 36.7 Å². The van der Waals surface area contributed by atoms with Crippen molar-refractivity contribution in [3.63, 3.8) is 0 Å². The van der Waals surface area contributed by atoms with Gasteiger partial charge in [0.2, 0.25) is 5.89 Å². The van der Waals surface area contributed by atoms with E-state index in [0.29, 0.717) is 22.6 Å². The maximum atomic E-state index is 11.3. The van der Waals surface area contributed by atoms with Crippen molar-refractivity contribution in [2.45, 2.75) is 0 Å². The fourth-order valence-electron chi connectivity index (χ4n) is 1.76. The number of nitrogens with zero attached hydrogens (tertiary/aromatic N) is 2. The summed E-state index contributed by atoms with van der Waals surface area (Å²) >= 11 is 0. The molecular weight excluding hydrogens is 230 g/mol. The summed E-state index contributed by atoms with van der Waals surface area (Å²) in [6.45, 7) is 0.